The molecule has 1 aliphatic heterocycles. The first-order valence-electron chi connectivity index (χ1n) is 6.93. The lowest BCUT2D eigenvalue weighted by atomic mass is 10.1. The van der Waals surface area contributed by atoms with Gasteiger partial charge in [-0.3, -0.25) is 4.90 Å². The van der Waals surface area contributed by atoms with Crippen molar-refractivity contribution < 1.29 is 4.52 Å². The topological polar surface area (TPSA) is 53.1 Å². The van der Waals surface area contributed by atoms with Crippen LogP contribution in [0.4, 0.5) is 0 Å². The van der Waals surface area contributed by atoms with E-state index < -0.39 is 0 Å². The summed E-state index contributed by atoms with van der Waals surface area (Å²) < 4.78 is 5.42. The minimum atomic E-state index is 0.281. The SMILES string of the molecule is Cc1cc([C@H]2CCCN2Cc2ccccc2C#N)on1. The summed E-state index contributed by atoms with van der Waals surface area (Å²) in [5.41, 5.74) is 2.76. The lowest BCUT2D eigenvalue weighted by Crippen LogP contribution is -2.22. The minimum Gasteiger partial charge on any atom is -0.359 e. The summed E-state index contributed by atoms with van der Waals surface area (Å²) in [5, 5.41) is 13.2. The standard InChI is InChI=1S/C16H17N3O/c1-12-9-16(20-18-12)15-7-4-8-19(15)11-14-6-3-2-5-13(14)10-17/h2-3,5-6,9,15H,4,7-8,11H2,1H3/t15-/m1/s1. The molecular weight excluding hydrogens is 250 g/mol. The second kappa shape index (κ2) is 5.48. The van der Waals surface area contributed by atoms with Gasteiger partial charge in [-0.2, -0.15) is 5.26 Å². The van der Waals surface area contributed by atoms with Crippen molar-refractivity contribution in [3.05, 3.63) is 52.9 Å². The van der Waals surface area contributed by atoms with E-state index in [0.29, 0.717) is 0 Å². The Morgan fingerprint density at radius 1 is 1.45 bits per heavy atom. The van der Waals surface area contributed by atoms with E-state index in [4.69, 9.17) is 4.52 Å². The van der Waals surface area contributed by atoms with E-state index in [0.717, 1.165) is 48.5 Å². The van der Waals surface area contributed by atoms with Gasteiger partial charge in [0.25, 0.3) is 0 Å². The Kier molecular flexibility index (Phi) is 3.53. The van der Waals surface area contributed by atoms with Gasteiger partial charge in [-0.25, -0.2) is 0 Å². The average molecular weight is 267 g/mol. The van der Waals surface area contributed by atoms with Crippen molar-refractivity contribution in [1.29, 1.82) is 5.26 Å². The number of hydrogen-bond acceptors (Lipinski definition) is 4. The third-order valence-corrected chi connectivity index (χ3v) is 3.85. The van der Waals surface area contributed by atoms with Crippen LogP contribution in [-0.2, 0) is 6.54 Å². The van der Waals surface area contributed by atoms with Gasteiger partial charge < -0.3 is 4.52 Å². The zero-order chi connectivity index (χ0) is 13.9. The summed E-state index contributed by atoms with van der Waals surface area (Å²) >= 11 is 0. The number of likely N-dealkylation sites (tertiary alicyclic amines) is 1. The number of rotatable bonds is 3. The molecule has 20 heavy (non-hydrogen) atoms. The molecule has 0 amide bonds. The molecule has 1 aliphatic rings. The lowest BCUT2D eigenvalue weighted by molar-refractivity contribution is 0.206. The van der Waals surface area contributed by atoms with Gasteiger partial charge >= 0.3 is 0 Å². The van der Waals surface area contributed by atoms with E-state index in [1.54, 1.807) is 0 Å². The molecule has 0 spiro atoms. The van der Waals surface area contributed by atoms with Crippen LogP contribution in [0.1, 0.15) is 41.5 Å². The van der Waals surface area contributed by atoms with Crippen molar-refractivity contribution in [3.63, 3.8) is 0 Å². The maximum absolute atomic E-state index is 9.18. The van der Waals surface area contributed by atoms with Gasteiger partial charge in [0, 0.05) is 12.6 Å². The first-order chi connectivity index (χ1) is 9.78. The largest absolute Gasteiger partial charge is 0.359 e. The Morgan fingerprint density at radius 3 is 3.05 bits per heavy atom. The fraction of sp³-hybridized carbons (Fsp3) is 0.375. The number of nitriles is 1. The molecule has 1 fully saturated rings. The molecule has 2 heterocycles. The molecule has 4 nitrogen and oxygen atoms in total. The Hall–Kier alpha value is -2.12. The van der Waals surface area contributed by atoms with E-state index in [9.17, 15) is 5.26 Å². The second-order valence-corrected chi connectivity index (χ2v) is 5.27. The summed E-state index contributed by atoms with van der Waals surface area (Å²) in [6.07, 6.45) is 2.24. The molecule has 1 aromatic heterocycles. The van der Waals surface area contributed by atoms with Gasteiger partial charge in [-0.1, -0.05) is 23.4 Å². The minimum absolute atomic E-state index is 0.281. The molecule has 0 saturated carbocycles. The first-order valence-corrected chi connectivity index (χ1v) is 6.93. The monoisotopic (exact) mass is 267 g/mol. The molecule has 0 radical (unpaired) electrons. The third kappa shape index (κ3) is 2.45. The average Bonchev–Trinajstić information content (AvgIpc) is 3.08. The summed E-state index contributed by atoms with van der Waals surface area (Å²) in [5.74, 6) is 0.939. The maximum Gasteiger partial charge on any atom is 0.154 e. The molecular formula is C16H17N3O. The number of hydrogen-bond donors (Lipinski definition) is 0. The van der Waals surface area contributed by atoms with Gasteiger partial charge in [0.15, 0.2) is 5.76 Å². The van der Waals surface area contributed by atoms with E-state index in [2.05, 4.69) is 16.1 Å². The number of benzene rings is 1. The van der Waals surface area contributed by atoms with Crippen molar-refractivity contribution in [3.8, 4) is 6.07 Å². The Morgan fingerprint density at radius 2 is 2.30 bits per heavy atom. The van der Waals surface area contributed by atoms with Crippen molar-refractivity contribution in [2.24, 2.45) is 0 Å². The van der Waals surface area contributed by atoms with Crippen LogP contribution in [0.5, 0.6) is 0 Å². The highest BCUT2D eigenvalue weighted by Gasteiger charge is 2.29. The van der Waals surface area contributed by atoms with Crippen LogP contribution in [0, 0.1) is 18.3 Å². The van der Waals surface area contributed by atoms with Gasteiger partial charge in [0.2, 0.25) is 0 Å². The van der Waals surface area contributed by atoms with Gasteiger partial charge in [0.1, 0.15) is 0 Å². The number of aryl methyl sites for hydroxylation is 1. The Balaban J connectivity index is 1.81. The molecule has 4 heteroatoms. The Bertz CT molecular complexity index is 641. The highest BCUT2D eigenvalue weighted by Crippen LogP contribution is 2.33. The van der Waals surface area contributed by atoms with E-state index in [1.165, 1.54) is 0 Å². The van der Waals surface area contributed by atoms with Crippen LogP contribution in [-0.4, -0.2) is 16.6 Å². The molecule has 0 unspecified atom stereocenters. The van der Waals surface area contributed by atoms with Crippen LogP contribution in [0.3, 0.4) is 0 Å². The molecule has 1 saturated heterocycles. The van der Waals surface area contributed by atoms with Gasteiger partial charge in [-0.05, 0) is 37.9 Å². The molecule has 1 aromatic carbocycles. The summed E-state index contributed by atoms with van der Waals surface area (Å²) in [4.78, 5) is 2.37. The van der Waals surface area contributed by atoms with Crippen molar-refractivity contribution in [1.82, 2.24) is 10.1 Å². The third-order valence-electron chi connectivity index (χ3n) is 3.85. The zero-order valence-corrected chi connectivity index (χ0v) is 11.5. The summed E-state index contributed by atoms with van der Waals surface area (Å²) in [6, 6.07) is 12.4. The number of nitrogens with zero attached hydrogens (tertiary/aromatic N) is 3. The highest BCUT2D eigenvalue weighted by molar-refractivity contribution is 5.37. The first kappa shape index (κ1) is 12.9. The van der Waals surface area contributed by atoms with Crippen LogP contribution < -0.4 is 0 Å². The van der Waals surface area contributed by atoms with Crippen molar-refractivity contribution >= 4 is 0 Å². The zero-order valence-electron chi connectivity index (χ0n) is 11.5. The lowest BCUT2D eigenvalue weighted by Gasteiger charge is -2.22. The van der Waals surface area contributed by atoms with Crippen LogP contribution in [0.25, 0.3) is 0 Å². The van der Waals surface area contributed by atoms with Gasteiger partial charge in [-0.15, -0.1) is 0 Å². The molecule has 3 rings (SSSR count). The van der Waals surface area contributed by atoms with Crippen molar-refractivity contribution in [2.75, 3.05) is 6.54 Å². The van der Waals surface area contributed by atoms with Crippen LogP contribution in [0.2, 0.25) is 0 Å². The van der Waals surface area contributed by atoms with E-state index in [1.807, 2.05) is 37.3 Å². The number of aromatic nitrogens is 1. The van der Waals surface area contributed by atoms with E-state index >= 15 is 0 Å². The van der Waals surface area contributed by atoms with Crippen LogP contribution >= 0.6 is 0 Å². The van der Waals surface area contributed by atoms with Crippen LogP contribution in [0.15, 0.2) is 34.9 Å². The second-order valence-electron chi connectivity index (χ2n) is 5.27. The highest BCUT2D eigenvalue weighted by atomic mass is 16.5. The molecule has 0 bridgehead atoms. The normalized spacial score (nSPS) is 19.1. The van der Waals surface area contributed by atoms with Crippen molar-refractivity contribution in [2.45, 2.75) is 32.4 Å². The Labute approximate surface area is 118 Å². The predicted molar refractivity (Wildman–Crippen MR) is 74.8 cm³/mol. The molecule has 0 aliphatic carbocycles. The fourth-order valence-corrected chi connectivity index (χ4v) is 2.86. The maximum atomic E-state index is 9.18. The smallest absolute Gasteiger partial charge is 0.154 e. The predicted octanol–water partition coefficient (Wildman–Crippen LogP) is 3.19. The summed E-state index contributed by atoms with van der Waals surface area (Å²) in [6.45, 7) is 3.76. The molecule has 102 valence electrons. The summed E-state index contributed by atoms with van der Waals surface area (Å²) in [7, 11) is 0. The molecule has 0 N–H and O–H groups in total. The van der Waals surface area contributed by atoms with Gasteiger partial charge in [0.05, 0.1) is 23.4 Å². The molecule has 1 atom stereocenters. The fourth-order valence-electron chi connectivity index (χ4n) is 2.86. The van der Waals surface area contributed by atoms with E-state index in [-0.39, 0.29) is 6.04 Å². The molecule has 2 aromatic rings. The quantitative estimate of drug-likeness (QED) is 0.857.